The van der Waals surface area contributed by atoms with Crippen molar-refractivity contribution in [2.75, 3.05) is 18.5 Å². The average molecular weight is 315 g/mol. The van der Waals surface area contributed by atoms with Crippen LogP contribution in [0.5, 0.6) is 0 Å². The van der Waals surface area contributed by atoms with Gasteiger partial charge in [-0.2, -0.15) is 5.26 Å². The Morgan fingerprint density at radius 1 is 1.45 bits per heavy atom. The Morgan fingerprint density at radius 2 is 2.20 bits per heavy atom. The molecule has 110 valence electrons. The van der Waals surface area contributed by atoms with Gasteiger partial charge in [0.2, 0.25) is 0 Å². The van der Waals surface area contributed by atoms with Crippen molar-refractivity contribution in [1.82, 2.24) is 4.98 Å². The monoisotopic (exact) mass is 314 g/mol. The molecule has 0 amide bonds. The number of nitrogens with zero attached hydrogens (tertiary/aromatic N) is 2. The predicted molar refractivity (Wildman–Crippen MR) is 81.1 cm³/mol. The third kappa shape index (κ3) is 4.60. The fourth-order valence-electron chi connectivity index (χ4n) is 2.22. The fourth-order valence-corrected chi connectivity index (χ4v) is 3.19. The standard InChI is InChI=1S/C13H19ClN4OS/c14-12-11(8-15)20-13(18-12)17-6-1-7-19-10-4-2-9(16)3-5-10/h9-10H,1-7,16H2,(H,17,18). The van der Waals surface area contributed by atoms with Crippen molar-refractivity contribution >= 4 is 28.1 Å². The SMILES string of the molecule is N#Cc1sc(NCCCOC2CCC(N)CC2)nc1Cl. The molecule has 0 atom stereocenters. The molecule has 1 fully saturated rings. The third-order valence-corrected chi connectivity index (χ3v) is 4.66. The summed E-state index contributed by atoms with van der Waals surface area (Å²) >= 11 is 7.08. The summed E-state index contributed by atoms with van der Waals surface area (Å²) in [5, 5.41) is 12.9. The summed E-state index contributed by atoms with van der Waals surface area (Å²) in [6.07, 6.45) is 5.55. The predicted octanol–water partition coefficient (Wildman–Crippen LogP) is 2.76. The van der Waals surface area contributed by atoms with Crippen LogP contribution in [0.2, 0.25) is 5.15 Å². The number of rotatable bonds is 6. The van der Waals surface area contributed by atoms with Crippen LogP contribution in [0.15, 0.2) is 0 Å². The Kier molecular flexibility index (Phi) is 6.05. The summed E-state index contributed by atoms with van der Waals surface area (Å²) in [5.41, 5.74) is 5.86. The minimum Gasteiger partial charge on any atom is -0.378 e. The Bertz CT molecular complexity index is 465. The molecule has 0 radical (unpaired) electrons. The third-order valence-electron chi connectivity index (χ3n) is 3.36. The van der Waals surface area contributed by atoms with Crippen LogP contribution in [-0.4, -0.2) is 30.3 Å². The molecule has 0 aromatic carbocycles. The minimum atomic E-state index is 0.273. The maximum absolute atomic E-state index is 8.78. The first kappa shape index (κ1) is 15.5. The van der Waals surface area contributed by atoms with Gasteiger partial charge in [0.1, 0.15) is 10.9 Å². The van der Waals surface area contributed by atoms with Crippen molar-refractivity contribution in [3.63, 3.8) is 0 Å². The molecule has 1 aliphatic carbocycles. The molecule has 2 rings (SSSR count). The number of ether oxygens (including phenoxy) is 1. The summed E-state index contributed by atoms with van der Waals surface area (Å²) in [5.74, 6) is 0. The number of hydrogen-bond donors (Lipinski definition) is 2. The highest BCUT2D eigenvalue weighted by molar-refractivity contribution is 7.16. The van der Waals surface area contributed by atoms with E-state index in [1.165, 1.54) is 11.3 Å². The van der Waals surface area contributed by atoms with E-state index in [1.54, 1.807) is 0 Å². The van der Waals surface area contributed by atoms with E-state index in [9.17, 15) is 0 Å². The molecule has 5 nitrogen and oxygen atoms in total. The van der Waals surface area contributed by atoms with Gasteiger partial charge in [0, 0.05) is 19.2 Å². The van der Waals surface area contributed by atoms with Crippen molar-refractivity contribution in [2.24, 2.45) is 5.73 Å². The zero-order chi connectivity index (χ0) is 14.4. The van der Waals surface area contributed by atoms with Gasteiger partial charge in [0.25, 0.3) is 0 Å². The number of nitriles is 1. The van der Waals surface area contributed by atoms with Crippen molar-refractivity contribution < 1.29 is 4.74 Å². The fraction of sp³-hybridized carbons (Fsp3) is 0.692. The number of halogens is 1. The first-order chi connectivity index (χ1) is 9.69. The van der Waals surface area contributed by atoms with Crippen LogP contribution in [0.25, 0.3) is 0 Å². The molecule has 0 saturated heterocycles. The van der Waals surface area contributed by atoms with Crippen LogP contribution in [0.1, 0.15) is 37.0 Å². The van der Waals surface area contributed by atoms with E-state index in [2.05, 4.69) is 10.3 Å². The number of nitrogens with two attached hydrogens (primary N) is 1. The van der Waals surface area contributed by atoms with Crippen LogP contribution in [0, 0.1) is 11.3 Å². The van der Waals surface area contributed by atoms with Crippen LogP contribution in [-0.2, 0) is 4.74 Å². The summed E-state index contributed by atoms with van der Waals surface area (Å²) in [6, 6.07) is 2.37. The first-order valence-corrected chi connectivity index (χ1v) is 8.06. The number of hydrogen-bond acceptors (Lipinski definition) is 6. The molecule has 1 aromatic heterocycles. The molecule has 1 heterocycles. The number of anilines is 1. The van der Waals surface area contributed by atoms with Crippen LogP contribution in [0.4, 0.5) is 5.13 Å². The summed E-state index contributed by atoms with van der Waals surface area (Å²) in [4.78, 5) is 4.52. The lowest BCUT2D eigenvalue weighted by Gasteiger charge is -2.26. The van der Waals surface area contributed by atoms with E-state index in [0.717, 1.165) is 45.3 Å². The van der Waals surface area contributed by atoms with Crippen LogP contribution >= 0.6 is 22.9 Å². The van der Waals surface area contributed by atoms with Gasteiger partial charge in [0.15, 0.2) is 10.3 Å². The van der Waals surface area contributed by atoms with Crippen LogP contribution in [0.3, 0.4) is 0 Å². The van der Waals surface area contributed by atoms with E-state index in [-0.39, 0.29) is 5.15 Å². The molecule has 1 aromatic rings. The van der Waals surface area contributed by atoms with Gasteiger partial charge in [-0.25, -0.2) is 4.98 Å². The van der Waals surface area contributed by atoms with Gasteiger partial charge in [-0.1, -0.05) is 22.9 Å². The van der Waals surface area contributed by atoms with Gasteiger partial charge in [-0.3, -0.25) is 0 Å². The van der Waals surface area contributed by atoms with Crippen LogP contribution < -0.4 is 11.1 Å². The lowest BCUT2D eigenvalue weighted by molar-refractivity contribution is 0.0251. The molecular formula is C13H19ClN4OS. The second-order valence-electron chi connectivity index (χ2n) is 4.94. The largest absolute Gasteiger partial charge is 0.378 e. The van der Waals surface area contributed by atoms with Gasteiger partial charge in [-0.05, 0) is 32.1 Å². The summed E-state index contributed by atoms with van der Waals surface area (Å²) < 4.78 is 5.83. The van der Waals surface area contributed by atoms with E-state index in [1.807, 2.05) is 6.07 Å². The highest BCUT2D eigenvalue weighted by Crippen LogP contribution is 2.25. The lowest BCUT2D eigenvalue weighted by Crippen LogP contribution is -2.30. The number of nitrogens with one attached hydrogen (secondary N) is 1. The maximum atomic E-state index is 8.78. The summed E-state index contributed by atoms with van der Waals surface area (Å²) in [6.45, 7) is 1.50. The van der Waals surface area contributed by atoms with Crippen molar-refractivity contribution in [3.8, 4) is 6.07 Å². The molecule has 0 aliphatic heterocycles. The van der Waals surface area contributed by atoms with Gasteiger partial charge >= 0.3 is 0 Å². The topological polar surface area (TPSA) is 84.0 Å². The molecule has 1 aliphatic rings. The van der Waals surface area contributed by atoms with E-state index < -0.39 is 0 Å². The molecule has 0 bridgehead atoms. The van der Waals surface area contributed by atoms with E-state index >= 15 is 0 Å². The van der Waals surface area contributed by atoms with Gasteiger partial charge in [-0.15, -0.1) is 0 Å². The Balaban J connectivity index is 1.58. The Hall–Kier alpha value is -0.870. The number of aromatic nitrogens is 1. The van der Waals surface area contributed by atoms with Gasteiger partial charge in [0.05, 0.1) is 6.10 Å². The molecule has 7 heteroatoms. The van der Waals surface area contributed by atoms with Crippen molar-refractivity contribution in [1.29, 1.82) is 5.26 Å². The average Bonchev–Trinajstić information content (AvgIpc) is 2.81. The highest BCUT2D eigenvalue weighted by Gasteiger charge is 2.18. The molecule has 0 unspecified atom stereocenters. The second-order valence-corrected chi connectivity index (χ2v) is 6.30. The highest BCUT2D eigenvalue weighted by atomic mass is 35.5. The van der Waals surface area contributed by atoms with Crippen molar-refractivity contribution in [3.05, 3.63) is 10.0 Å². The normalized spacial score (nSPS) is 22.4. The molecule has 3 N–H and O–H groups in total. The molecular weight excluding hydrogens is 296 g/mol. The quantitative estimate of drug-likeness (QED) is 0.789. The first-order valence-electron chi connectivity index (χ1n) is 6.86. The van der Waals surface area contributed by atoms with E-state index in [0.29, 0.717) is 22.2 Å². The molecule has 1 saturated carbocycles. The van der Waals surface area contributed by atoms with Crippen molar-refractivity contribution in [2.45, 2.75) is 44.2 Å². The number of thiazole rings is 1. The zero-order valence-corrected chi connectivity index (χ0v) is 12.8. The smallest absolute Gasteiger partial charge is 0.185 e. The Morgan fingerprint density at radius 3 is 2.85 bits per heavy atom. The summed E-state index contributed by atoms with van der Waals surface area (Å²) in [7, 11) is 0. The van der Waals surface area contributed by atoms with E-state index in [4.69, 9.17) is 27.3 Å². The zero-order valence-electron chi connectivity index (χ0n) is 11.3. The maximum Gasteiger partial charge on any atom is 0.185 e. The second kappa shape index (κ2) is 7.79. The van der Waals surface area contributed by atoms with Gasteiger partial charge < -0.3 is 15.8 Å². The lowest BCUT2D eigenvalue weighted by atomic mass is 9.94. The molecule has 0 spiro atoms. The minimum absolute atomic E-state index is 0.273. The molecule has 20 heavy (non-hydrogen) atoms. The Labute approximate surface area is 128 Å².